The van der Waals surface area contributed by atoms with Crippen molar-refractivity contribution in [1.29, 1.82) is 0 Å². The molecule has 9 heteroatoms. The number of carboxylic acids is 3. The van der Waals surface area contributed by atoms with Crippen molar-refractivity contribution in [2.24, 2.45) is 0 Å². The number of carbonyl (C=O) groups is 4. The molecule has 0 saturated carbocycles. The molecular weight excluding hydrogens is 322 g/mol. The molecule has 0 aliphatic rings. The highest BCUT2D eigenvalue weighted by atomic mass is 16.4. The van der Waals surface area contributed by atoms with Crippen molar-refractivity contribution < 1.29 is 39.6 Å². The fraction of sp³-hybridized carbons (Fsp3) is 0.0667. The average Bonchev–Trinajstić information content (AvgIpc) is 2.90. The van der Waals surface area contributed by atoms with Crippen LogP contribution < -0.4 is 0 Å². The van der Waals surface area contributed by atoms with E-state index in [0.29, 0.717) is 0 Å². The monoisotopic (exact) mass is 335 g/mol. The molecule has 0 atom stereocenters. The van der Waals surface area contributed by atoms with Gasteiger partial charge in [0.2, 0.25) is 11.5 Å². The van der Waals surface area contributed by atoms with Gasteiger partial charge in [-0.1, -0.05) is 18.2 Å². The molecule has 0 aliphatic heterocycles. The quantitative estimate of drug-likeness (QED) is 0.306. The van der Waals surface area contributed by atoms with E-state index in [1.165, 1.54) is 0 Å². The van der Waals surface area contributed by atoms with E-state index in [0.717, 1.165) is 16.5 Å². The molecule has 0 radical (unpaired) electrons. The third kappa shape index (κ3) is 5.30. The predicted octanol–water partition coefficient (Wildman–Crippen LogP) is 0.962. The van der Waals surface area contributed by atoms with Crippen molar-refractivity contribution >= 4 is 34.6 Å². The second-order valence-corrected chi connectivity index (χ2v) is 4.44. The van der Waals surface area contributed by atoms with Crippen LogP contribution in [0.25, 0.3) is 10.9 Å². The molecule has 0 unspecified atom stereocenters. The van der Waals surface area contributed by atoms with Gasteiger partial charge >= 0.3 is 17.9 Å². The Morgan fingerprint density at radius 1 is 0.958 bits per heavy atom. The van der Waals surface area contributed by atoms with Crippen LogP contribution in [0, 0.1) is 0 Å². The van der Waals surface area contributed by atoms with Crippen LogP contribution in [0.5, 0.6) is 0 Å². The van der Waals surface area contributed by atoms with E-state index in [9.17, 15) is 19.2 Å². The number of Topliss-reactive ketones (excluding diaryl/α,β-unsaturated/α-hetero) is 1. The number of aromatic nitrogens is 1. The van der Waals surface area contributed by atoms with Crippen molar-refractivity contribution in [2.75, 3.05) is 0 Å². The highest BCUT2D eigenvalue weighted by molar-refractivity contribution is 6.33. The summed E-state index contributed by atoms with van der Waals surface area (Å²) in [7, 11) is 0. The maximum absolute atomic E-state index is 11.0. The number of carbonyl (C=O) groups excluding carboxylic acids is 1. The average molecular weight is 335 g/mol. The molecule has 1 heterocycles. The number of nitrogens with one attached hydrogen (secondary N) is 1. The summed E-state index contributed by atoms with van der Waals surface area (Å²) in [5.74, 6) is -6.50. The number of carboxylic acid groups (broad SMARTS) is 3. The molecule has 0 fully saturated rings. The van der Waals surface area contributed by atoms with E-state index < -0.39 is 29.5 Å². The van der Waals surface area contributed by atoms with Crippen molar-refractivity contribution in [1.82, 2.24) is 4.98 Å². The Balaban J connectivity index is 0.000000277. The van der Waals surface area contributed by atoms with Crippen LogP contribution in [0.1, 0.15) is 5.56 Å². The van der Waals surface area contributed by atoms with Crippen LogP contribution in [-0.2, 0) is 25.6 Å². The van der Waals surface area contributed by atoms with Crippen molar-refractivity contribution in [3.8, 4) is 0 Å². The third-order valence-electron chi connectivity index (χ3n) is 2.74. The highest BCUT2D eigenvalue weighted by Crippen LogP contribution is 2.18. The lowest BCUT2D eigenvalue weighted by Gasteiger charge is -1.94. The number of hydrogen-bond acceptors (Lipinski definition) is 5. The Bertz CT molecular complexity index is 818. The maximum atomic E-state index is 11.0. The summed E-state index contributed by atoms with van der Waals surface area (Å²) in [6.07, 6.45) is 1.80. The fourth-order valence-corrected chi connectivity index (χ4v) is 1.71. The molecule has 0 amide bonds. The molecule has 0 aliphatic carbocycles. The number of rotatable bonds is 5. The number of para-hydroxylation sites is 1. The molecule has 24 heavy (non-hydrogen) atoms. The lowest BCUT2D eigenvalue weighted by atomic mass is 10.1. The van der Waals surface area contributed by atoms with Crippen LogP contribution in [0.2, 0.25) is 0 Å². The summed E-state index contributed by atoms with van der Waals surface area (Å²) in [4.78, 5) is 43.7. The first kappa shape index (κ1) is 18.4. The number of fused-ring (bicyclic) bond motifs is 1. The Hall–Kier alpha value is -3.62. The van der Waals surface area contributed by atoms with Gasteiger partial charge in [-0.3, -0.25) is 4.79 Å². The summed E-state index contributed by atoms with van der Waals surface area (Å²) in [6.45, 7) is 0. The number of ketones is 1. The minimum absolute atomic E-state index is 0.0701. The van der Waals surface area contributed by atoms with Gasteiger partial charge in [0.25, 0.3) is 0 Å². The van der Waals surface area contributed by atoms with E-state index >= 15 is 0 Å². The van der Waals surface area contributed by atoms with Gasteiger partial charge in [0, 0.05) is 23.5 Å². The molecule has 0 spiro atoms. The molecule has 0 bridgehead atoms. The summed E-state index contributed by atoms with van der Waals surface area (Å²) in [6, 6.07) is 7.47. The molecule has 0 saturated heterocycles. The first-order valence-electron chi connectivity index (χ1n) is 6.40. The van der Waals surface area contributed by atoms with E-state index in [4.69, 9.17) is 20.4 Å². The zero-order valence-electron chi connectivity index (χ0n) is 12.1. The van der Waals surface area contributed by atoms with Gasteiger partial charge in [0.1, 0.15) is 0 Å². The van der Waals surface area contributed by atoms with E-state index in [1.807, 2.05) is 24.3 Å². The van der Waals surface area contributed by atoms with Crippen LogP contribution in [0.4, 0.5) is 0 Å². The van der Waals surface area contributed by atoms with Gasteiger partial charge in [0.05, 0.1) is 6.08 Å². The summed E-state index contributed by atoms with van der Waals surface area (Å²) < 4.78 is 0. The number of benzene rings is 1. The minimum atomic E-state index is -1.66. The van der Waals surface area contributed by atoms with E-state index in [1.54, 1.807) is 6.20 Å². The third-order valence-corrected chi connectivity index (χ3v) is 2.74. The molecule has 5 N–H and O–H groups in total. The fourth-order valence-electron chi connectivity index (χ4n) is 1.71. The van der Waals surface area contributed by atoms with Crippen LogP contribution in [-0.4, -0.2) is 49.1 Å². The molecular formula is C15H13NO8. The van der Waals surface area contributed by atoms with Crippen LogP contribution in [0.15, 0.2) is 42.3 Å². The van der Waals surface area contributed by atoms with Gasteiger partial charge < -0.3 is 25.4 Å². The number of H-pyrrole nitrogens is 1. The van der Waals surface area contributed by atoms with Gasteiger partial charge in [0.15, 0.2) is 0 Å². The lowest BCUT2D eigenvalue weighted by molar-refractivity contribution is -0.148. The summed E-state index contributed by atoms with van der Waals surface area (Å²) in [5, 5.41) is 33.2. The molecule has 1 aromatic heterocycles. The number of aromatic amines is 1. The number of aliphatic carboxylic acids is 3. The van der Waals surface area contributed by atoms with E-state index in [-0.39, 0.29) is 12.5 Å². The Labute approximate surface area is 134 Å². The molecule has 9 nitrogen and oxygen atoms in total. The number of aliphatic hydroxyl groups is 1. The van der Waals surface area contributed by atoms with Gasteiger partial charge in [-0.25, -0.2) is 14.4 Å². The molecule has 1 aromatic carbocycles. The lowest BCUT2D eigenvalue weighted by Crippen LogP contribution is -2.14. The Morgan fingerprint density at radius 2 is 1.58 bits per heavy atom. The Kier molecular flexibility index (Phi) is 6.24. The molecule has 126 valence electrons. The zero-order chi connectivity index (χ0) is 18.3. The predicted molar refractivity (Wildman–Crippen MR) is 80.6 cm³/mol. The SMILES string of the molecule is O=C(O)/C=C(\O)C(=O)O.O=C(O)C(=O)Cc1c[nH]c2ccccc12. The summed E-state index contributed by atoms with van der Waals surface area (Å²) >= 11 is 0. The number of aliphatic hydroxyl groups excluding tert-OH is 1. The number of hydrogen-bond donors (Lipinski definition) is 5. The van der Waals surface area contributed by atoms with Crippen LogP contribution in [0.3, 0.4) is 0 Å². The highest BCUT2D eigenvalue weighted by Gasteiger charge is 2.14. The van der Waals surface area contributed by atoms with Gasteiger partial charge in [-0.05, 0) is 11.6 Å². The van der Waals surface area contributed by atoms with Gasteiger partial charge in [-0.15, -0.1) is 0 Å². The minimum Gasteiger partial charge on any atom is -0.502 e. The van der Waals surface area contributed by atoms with Gasteiger partial charge in [-0.2, -0.15) is 0 Å². The topological polar surface area (TPSA) is 165 Å². The van der Waals surface area contributed by atoms with Crippen molar-refractivity contribution in [2.45, 2.75) is 6.42 Å². The van der Waals surface area contributed by atoms with Crippen LogP contribution >= 0.6 is 0 Å². The first-order valence-corrected chi connectivity index (χ1v) is 6.40. The maximum Gasteiger partial charge on any atom is 0.372 e. The zero-order valence-corrected chi connectivity index (χ0v) is 12.1. The standard InChI is InChI=1S/C11H9NO3.C4H4O5/c13-10(11(14)15)5-7-6-12-9-4-2-1-3-8(7)9;5-2(4(8)9)1-3(6)7/h1-4,6,12H,5H2,(H,14,15);1,5H,(H,6,7)(H,8,9)/b;2-1-. The molecule has 2 aromatic rings. The smallest absolute Gasteiger partial charge is 0.372 e. The second-order valence-electron chi connectivity index (χ2n) is 4.44. The van der Waals surface area contributed by atoms with Crippen molar-refractivity contribution in [3.05, 3.63) is 47.9 Å². The normalized spacial score (nSPS) is 10.6. The summed E-state index contributed by atoms with van der Waals surface area (Å²) in [5.41, 5.74) is 1.63. The largest absolute Gasteiger partial charge is 0.502 e. The van der Waals surface area contributed by atoms with Crippen molar-refractivity contribution in [3.63, 3.8) is 0 Å². The second kappa shape index (κ2) is 8.13. The van der Waals surface area contributed by atoms with E-state index in [2.05, 4.69) is 4.98 Å². The molecule has 2 rings (SSSR count). The first-order chi connectivity index (χ1) is 11.2. The Morgan fingerprint density at radius 3 is 2.08 bits per heavy atom.